The molecule has 0 atom stereocenters. The average Bonchev–Trinajstić information content (AvgIpc) is 3.31. The van der Waals surface area contributed by atoms with E-state index in [9.17, 15) is 0 Å². The van der Waals surface area contributed by atoms with Crippen molar-refractivity contribution in [3.8, 4) is 22.6 Å². The summed E-state index contributed by atoms with van der Waals surface area (Å²) in [5.41, 5.74) is 18.4. The highest BCUT2D eigenvalue weighted by Crippen LogP contribution is 2.52. The molecule has 12 rings (SSSR count). The Morgan fingerprint density at radius 2 is 0.932 bits per heavy atom. The molecule has 282 valence electrons. The second kappa shape index (κ2) is 13.8. The van der Waals surface area contributed by atoms with Crippen molar-refractivity contribution < 1.29 is 4.74 Å². The Kier molecular flexibility index (Phi) is 8.00. The summed E-state index contributed by atoms with van der Waals surface area (Å²) < 4.78 is 6.47. The van der Waals surface area contributed by atoms with Crippen molar-refractivity contribution >= 4 is 74.3 Å². The minimum absolute atomic E-state index is 0.0402. The minimum atomic E-state index is 0.0402. The van der Waals surface area contributed by atoms with E-state index in [1.807, 2.05) is 0 Å². The Morgan fingerprint density at radius 1 is 0.390 bits per heavy atom. The third kappa shape index (κ3) is 5.52. The molecule has 3 heterocycles. The summed E-state index contributed by atoms with van der Waals surface area (Å²) in [6.45, 7) is 0.0402. The molecule has 1 fully saturated rings. The molecule has 59 heavy (non-hydrogen) atoms. The lowest BCUT2D eigenvalue weighted by molar-refractivity contribution is 0.444. The predicted molar refractivity (Wildman–Crippen MR) is 246 cm³/mol. The van der Waals surface area contributed by atoms with Crippen LogP contribution in [0.3, 0.4) is 0 Å². The molecular formula is C54H42BN3O. The van der Waals surface area contributed by atoms with E-state index < -0.39 is 0 Å². The van der Waals surface area contributed by atoms with Gasteiger partial charge in [-0.1, -0.05) is 128 Å². The van der Waals surface area contributed by atoms with E-state index >= 15 is 0 Å². The van der Waals surface area contributed by atoms with Crippen molar-refractivity contribution in [3.63, 3.8) is 0 Å². The summed E-state index contributed by atoms with van der Waals surface area (Å²) in [7, 11) is 0. The fraction of sp³-hybridized carbons (Fsp3) is 0.111. The van der Waals surface area contributed by atoms with Crippen LogP contribution in [0.1, 0.15) is 43.6 Å². The molecule has 5 heteroatoms. The van der Waals surface area contributed by atoms with Gasteiger partial charge in [-0.25, -0.2) is 0 Å². The van der Waals surface area contributed by atoms with E-state index in [-0.39, 0.29) is 6.71 Å². The van der Waals surface area contributed by atoms with Gasteiger partial charge in [-0.05, 0) is 131 Å². The molecule has 4 nitrogen and oxygen atoms in total. The molecule has 8 aromatic rings. The largest absolute Gasteiger partial charge is 0.453 e. The Hall–Kier alpha value is -6.98. The number of hydrogen-bond donors (Lipinski definition) is 0. The van der Waals surface area contributed by atoms with E-state index in [2.05, 4.69) is 203 Å². The molecule has 0 saturated heterocycles. The van der Waals surface area contributed by atoms with Crippen LogP contribution in [0.5, 0.6) is 11.5 Å². The van der Waals surface area contributed by atoms with Crippen LogP contribution in [0, 0.1) is 0 Å². The first kappa shape index (κ1) is 34.1. The molecule has 1 aliphatic carbocycles. The number of ether oxygens (including phenoxy) is 1. The van der Waals surface area contributed by atoms with E-state index in [0.29, 0.717) is 5.92 Å². The predicted octanol–water partition coefficient (Wildman–Crippen LogP) is 13.1. The third-order valence-corrected chi connectivity index (χ3v) is 13.0. The van der Waals surface area contributed by atoms with Crippen molar-refractivity contribution in [2.24, 2.45) is 0 Å². The highest BCUT2D eigenvalue weighted by molar-refractivity contribution is 7.00. The molecule has 0 N–H and O–H groups in total. The van der Waals surface area contributed by atoms with Gasteiger partial charge in [-0.2, -0.15) is 0 Å². The van der Waals surface area contributed by atoms with Crippen LogP contribution in [0.25, 0.3) is 11.1 Å². The second-order valence-corrected chi connectivity index (χ2v) is 16.3. The van der Waals surface area contributed by atoms with Gasteiger partial charge in [0.25, 0.3) is 6.71 Å². The second-order valence-electron chi connectivity index (χ2n) is 16.3. The quantitative estimate of drug-likeness (QED) is 0.163. The number of anilines is 9. The van der Waals surface area contributed by atoms with Crippen LogP contribution in [0.2, 0.25) is 0 Å². The topological polar surface area (TPSA) is 19.0 Å². The lowest BCUT2D eigenvalue weighted by Gasteiger charge is -2.45. The highest BCUT2D eigenvalue weighted by atomic mass is 16.5. The van der Waals surface area contributed by atoms with Gasteiger partial charge in [0.1, 0.15) is 0 Å². The normalized spacial score (nSPS) is 15.1. The zero-order chi connectivity index (χ0) is 38.9. The van der Waals surface area contributed by atoms with E-state index in [4.69, 9.17) is 4.74 Å². The minimum Gasteiger partial charge on any atom is -0.453 e. The fourth-order valence-electron chi connectivity index (χ4n) is 10.3. The van der Waals surface area contributed by atoms with E-state index in [0.717, 1.165) is 34.2 Å². The standard InChI is InChI=1S/C54H42BN3O/c1-4-17-37(18-5-1)39-21-16-24-42(33-39)57-46-26-11-10-25-44(46)55-45-32-31-43(58-47-27-12-14-29-52(47)59-53-30-15-13-28-48(53)58)36-49(45)56(41-22-8-3-9-23-41)50-34-40(35-51(57)54(50)55)38-19-6-2-7-20-38/h1,3-5,8-18,21-36,38H,2,6-7,19-20H2. The lowest BCUT2D eigenvalue weighted by atomic mass is 9.33. The summed E-state index contributed by atoms with van der Waals surface area (Å²) in [6, 6.07) is 69.1. The third-order valence-electron chi connectivity index (χ3n) is 13.0. The van der Waals surface area contributed by atoms with Gasteiger partial charge in [0.15, 0.2) is 11.5 Å². The van der Waals surface area contributed by atoms with Crippen LogP contribution in [0.4, 0.5) is 51.2 Å². The van der Waals surface area contributed by atoms with Crippen LogP contribution < -0.4 is 35.8 Å². The van der Waals surface area contributed by atoms with Crippen molar-refractivity contribution in [2.45, 2.75) is 38.0 Å². The molecule has 0 radical (unpaired) electrons. The fourth-order valence-corrected chi connectivity index (χ4v) is 10.3. The highest BCUT2D eigenvalue weighted by Gasteiger charge is 2.44. The molecule has 1 saturated carbocycles. The van der Waals surface area contributed by atoms with Crippen LogP contribution >= 0.6 is 0 Å². The maximum atomic E-state index is 6.47. The van der Waals surface area contributed by atoms with Gasteiger partial charge >= 0.3 is 0 Å². The molecule has 0 spiro atoms. The molecule has 4 aliphatic rings. The number of rotatable bonds is 5. The molecule has 8 aromatic carbocycles. The molecule has 0 amide bonds. The maximum Gasteiger partial charge on any atom is 0.252 e. The summed E-state index contributed by atoms with van der Waals surface area (Å²) in [4.78, 5) is 7.49. The summed E-state index contributed by atoms with van der Waals surface area (Å²) >= 11 is 0. The number of para-hydroxylation sites is 6. The van der Waals surface area contributed by atoms with Gasteiger partial charge in [0, 0.05) is 39.8 Å². The Labute approximate surface area is 346 Å². The Morgan fingerprint density at radius 3 is 1.66 bits per heavy atom. The van der Waals surface area contributed by atoms with Crippen LogP contribution in [-0.4, -0.2) is 6.71 Å². The SMILES string of the molecule is c1ccc(-c2cccc(N3c4ccccc4B4c5ccc(N6c7ccccc7Oc7ccccc76)cc5N(c5ccccc5)c5cc(C6CCCCC6)cc3c54)c2)cc1. The Balaban J connectivity index is 1.12. The van der Waals surface area contributed by atoms with E-state index in [1.165, 1.54) is 93.6 Å². The zero-order valence-corrected chi connectivity index (χ0v) is 32.8. The molecule has 0 bridgehead atoms. The maximum absolute atomic E-state index is 6.47. The van der Waals surface area contributed by atoms with E-state index in [1.54, 1.807) is 0 Å². The summed E-state index contributed by atoms with van der Waals surface area (Å²) in [5, 5.41) is 0. The first-order chi connectivity index (χ1) is 29.3. The number of benzene rings is 8. The molecular weight excluding hydrogens is 717 g/mol. The molecule has 3 aliphatic heterocycles. The van der Waals surface area contributed by atoms with Crippen molar-refractivity contribution in [1.82, 2.24) is 0 Å². The van der Waals surface area contributed by atoms with Crippen molar-refractivity contribution in [2.75, 3.05) is 14.7 Å². The monoisotopic (exact) mass is 759 g/mol. The smallest absolute Gasteiger partial charge is 0.252 e. The number of fused-ring (bicyclic) bond motifs is 6. The zero-order valence-electron chi connectivity index (χ0n) is 32.8. The first-order valence-corrected chi connectivity index (χ1v) is 21.2. The molecule has 0 unspecified atom stereocenters. The van der Waals surface area contributed by atoms with Crippen molar-refractivity contribution in [1.29, 1.82) is 0 Å². The average molecular weight is 760 g/mol. The summed E-state index contributed by atoms with van der Waals surface area (Å²) in [6.07, 6.45) is 6.33. The van der Waals surface area contributed by atoms with Gasteiger partial charge in [0.2, 0.25) is 0 Å². The Bertz CT molecular complexity index is 2840. The van der Waals surface area contributed by atoms with Crippen LogP contribution in [0.15, 0.2) is 188 Å². The van der Waals surface area contributed by atoms with Gasteiger partial charge in [-0.15, -0.1) is 0 Å². The van der Waals surface area contributed by atoms with Gasteiger partial charge < -0.3 is 19.4 Å². The van der Waals surface area contributed by atoms with Crippen LogP contribution in [-0.2, 0) is 0 Å². The number of nitrogens with zero attached hydrogens (tertiary/aromatic N) is 3. The van der Waals surface area contributed by atoms with Crippen molar-refractivity contribution in [3.05, 3.63) is 194 Å². The first-order valence-electron chi connectivity index (χ1n) is 21.2. The number of hydrogen-bond acceptors (Lipinski definition) is 4. The lowest BCUT2D eigenvalue weighted by Crippen LogP contribution is -2.61. The molecule has 0 aromatic heterocycles. The van der Waals surface area contributed by atoms with Gasteiger partial charge in [-0.3, -0.25) is 0 Å². The summed E-state index contributed by atoms with van der Waals surface area (Å²) in [5.74, 6) is 2.23. The van der Waals surface area contributed by atoms with Gasteiger partial charge in [0.05, 0.1) is 11.4 Å².